The van der Waals surface area contributed by atoms with Crippen LogP contribution in [0.15, 0.2) is 30.6 Å². The van der Waals surface area contributed by atoms with E-state index >= 15 is 0 Å². The summed E-state index contributed by atoms with van der Waals surface area (Å²) in [5.74, 6) is -1.14. The monoisotopic (exact) mass is 421 g/mol. The number of nitrogens with one attached hydrogen (secondary N) is 1. The number of likely N-dealkylation sites (tertiary alicyclic amines) is 1. The number of hydrogen-bond donors (Lipinski definition) is 2. The molecule has 2 aromatic heterocycles. The molecule has 3 heterocycles. The summed E-state index contributed by atoms with van der Waals surface area (Å²) in [7, 11) is 0. The Balaban J connectivity index is 1.80. The molecule has 1 fully saturated rings. The lowest BCUT2D eigenvalue weighted by Gasteiger charge is -2.38. The third kappa shape index (κ3) is 4.69. The molecule has 10 heteroatoms. The molecular weight excluding hydrogens is 399 g/mol. The number of rotatable bonds is 2. The van der Waals surface area contributed by atoms with E-state index in [1.807, 2.05) is 6.92 Å². The molecule has 2 amide bonds. The first-order valence-electron chi connectivity index (χ1n) is 9.43. The first-order chi connectivity index (χ1) is 14.1. The van der Waals surface area contributed by atoms with Crippen LogP contribution in [-0.2, 0) is 15.8 Å². The summed E-state index contributed by atoms with van der Waals surface area (Å²) < 4.78 is 38.4. The number of hydrogen-bond acceptors (Lipinski definition) is 5. The Morgan fingerprint density at radius 3 is 2.53 bits per heavy atom. The van der Waals surface area contributed by atoms with E-state index < -0.39 is 29.7 Å². The molecule has 1 aliphatic rings. The van der Waals surface area contributed by atoms with Crippen molar-refractivity contribution < 1.29 is 22.8 Å². The van der Waals surface area contributed by atoms with Crippen molar-refractivity contribution in [3.63, 3.8) is 0 Å². The van der Waals surface area contributed by atoms with Gasteiger partial charge in [0, 0.05) is 12.7 Å². The Morgan fingerprint density at radius 2 is 1.93 bits per heavy atom. The number of aromatic nitrogens is 2. The summed E-state index contributed by atoms with van der Waals surface area (Å²) in [4.78, 5) is 34.3. The number of pyridine rings is 2. The number of anilines is 2. The van der Waals surface area contributed by atoms with Crippen molar-refractivity contribution in [2.24, 2.45) is 5.92 Å². The van der Waals surface area contributed by atoms with Gasteiger partial charge in [-0.25, -0.2) is 4.98 Å². The van der Waals surface area contributed by atoms with Crippen molar-refractivity contribution in [2.75, 3.05) is 17.6 Å². The maximum atomic E-state index is 12.9. The maximum absolute atomic E-state index is 12.9. The molecular formula is C20H22F3N5O2. The van der Waals surface area contributed by atoms with Gasteiger partial charge in [0.25, 0.3) is 0 Å². The van der Waals surface area contributed by atoms with Crippen LogP contribution in [0.25, 0.3) is 0 Å². The lowest BCUT2D eigenvalue weighted by atomic mass is 9.90. The molecule has 160 valence electrons. The van der Waals surface area contributed by atoms with Crippen molar-refractivity contribution in [1.29, 1.82) is 0 Å². The Hall–Kier alpha value is -3.17. The van der Waals surface area contributed by atoms with Gasteiger partial charge in [0.1, 0.15) is 11.5 Å². The fourth-order valence-corrected chi connectivity index (χ4v) is 3.46. The molecule has 1 saturated heterocycles. The Morgan fingerprint density at radius 1 is 1.20 bits per heavy atom. The summed E-state index contributed by atoms with van der Waals surface area (Å²) in [6, 6.07) is 3.27. The highest BCUT2D eigenvalue weighted by Crippen LogP contribution is 2.35. The fraction of sp³-hybridized carbons (Fsp3) is 0.400. The second-order valence-corrected chi connectivity index (χ2v) is 7.51. The van der Waals surface area contributed by atoms with Crippen molar-refractivity contribution in [3.8, 4) is 0 Å². The number of nitrogens with zero attached hydrogens (tertiary/aromatic N) is 3. The van der Waals surface area contributed by atoms with Gasteiger partial charge in [0.2, 0.25) is 0 Å². The van der Waals surface area contributed by atoms with E-state index in [2.05, 4.69) is 15.3 Å². The van der Waals surface area contributed by atoms with E-state index in [4.69, 9.17) is 5.73 Å². The average molecular weight is 421 g/mol. The van der Waals surface area contributed by atoms with Crippen LogP contribution in [0.3, 0.4) is 0 Å². The molecule has 0 unspecified atom stereocenters. The third-order valence-electron chi connectivity index (χ3n) is 5.11. The fourth-order valence-electron chi connectivity index (χ4n) is 3.46. The number of nitrogens with two attached hydrogens (primary N) is 1. The Kier molecular flexibility index (Phi) is 5.95. The minimum Gasteiger partial charge on any atom is -0.383 e. The first-order valence-corrected chi connectivity index (χ1v) is 9.43. The highest BCUT2D eigenvalue weighted by atomic mass is 19.4. The molecule has 0 aliphatic carbocycles. The van der Waals surface area contributed by atoms with Gasteiger partial charge < -0.3 is 16.0 Å². The molecule has 2 atom stereocenters. The van der Waals surface area contributed by atoms with Gasteiger partial charge >= 0.3 is 18.0 Å². The molecule has 0 spiro atoms. The average Bonchev–Trinajstić information content (AvgIpc) is 2.69. The van der Waals surface area contributed by atoms with Crippen LogP contribution in [0.4, 0.5) is 24.7 Å². The number of piperidine rings is 1. The van der Waals surface area contributed by atoms with Crippen molar-refractivity contribution in [1.82, 2.24) is 14.9 Å². The normalized spacial score (nSPS) is 19.4. The van der Waals surface area contributed by atoms with Crippen molar-refractivity contribution in [2.45, 2.75) is 38.9 Å². The second kappa shape index (κ2) is 8.29. The summed E-state index contributed by atoms with van der Waals surface area (Å²) in [5, 5.41) is 2.51. The molecule has 0 saturated carbocycles. The SMILES string of the molecule is Cc1cc(NC(=O)C(=O)N2C[C@@H](C)CC[C@@H]2c2ccc(C(F)(F)F)nc2)cnc1N. The molecule has 2 aromatic rings. The largest absolute Gasteiger partial charge is 0.433 e. The number of carbonyl (C=O) groups excluding carboxylic acids is 2. The molecule has 3 rings (SSSR count). The molecule has 1 aliphatic heterocycles. The lowest BCUT2D eigenvalue weighted by molar-refractivity contribution is -0.146. The number of halogens is 3. The Labute approximate surface area is 171 Å². The highest BCUT2D eigenvalue weighted by Gasteiger charge is 2.36. The maximum Gasteiger partial charge on any atom is 0.433 e. The predicted molar refractivity (Wildman–Crippen MR) is 104 cm³/mol. The quantitative estimate of drug-likeness (QED) is 0.725. The second-order valence-electron chi connectivity index (χ2n) is 7.51. The number of nitrogen functional groups attached to an aromatic ring is 1. The van der Waals surface area contributed by atoms with E-state index in [1.165, 1.54) is 17.2 Å². The van der Waals surface area contributed by atoms with Gasteiger partial charge in [-0.3, -0.25) is 14.6 Å². The standard InChI is InChI=1S/C20H22F3N5O2/c1-11-3-5-15(13-4-6-16(25-8-13)20(21,22)23)28(10-11)19(30)18(29)27-14-7-12(2)17(24)26-9-14/h4,6-9,11,15H,3,5,10H2,1-2H3,(H2,24,26)(H,27,29)/t11-,15+/m0/s1. The smallest absolute Gasteiger partial charge is 0.383 e. The van der Waals surface area contributed by atoms with Crippen LogP contribution < -0.4 is 11.1 Å². The van der Waals surface area contributed by atoms with Crippen LogP contribution in [0.1, 0.15) is 42.6 Å². The zero-order valence-electron chi connectivity index (χ0n) is 16.5. The van der Waals surface area contributed by atoms with Crippen LogP contribution in [0.2, 0.25) is 0 Å². The molecule has 0 bridgehead atoms. The van der Waals surface area contributed by atoms with Gasteiger partial charge in [-0.1, -0.05) is 13.0 Å². The number of aryl methyl sites for hydroxylation is 1. The summed E-state index contributed by atoms with van der Waals surface area (Å²) in [6.45, 7) is 3.99. The molecule has 7 nitrogen and oxygen atoms in total. The Bertz CT molecular complexity index is 946. The minimum absolute atomic E-state index is 0.154. The zero-order chi connectivity index (χ0) is 22.1. The number of alkyl halides is 3. The van der Waals surface area contributed by atoms with E-state index in [0.717, 1.165) is 18.7 Å². The lowest BCUT2D eigenvalue weighted by Crippen LogP contribution is -2.46. The predicted octanol–water partition coefficient (Wildman–Crippen LogP) is 3.32. The molecule has 3 N–H and O–H groups in total. The third-order valence-corrected chi connectivity index (χ3v) is 5.11. The van der Waals surface area contributed by atoms with Crippen LogP contribution >= 0.6 is 0 Å². The topological polar surface area (TPSA) is 101 Å². The summed E-state index contributed by atoms with van der Waals surface area (Å²) in [5.41, 5.74) is 6.10. The minimum atomic E-state index is -4.54. The van der Waals surface area contributed by atoms with E-state index in [0.29, 0.717) is 35.6 Å². The molecule has 0 radical (unpaired) electrons. The number of carbonyl (C=O) groups is 2. The van der Waals surface area contributed by atoms with Crippen LogP contribution in [-0.4, -0.2) is 33.2 Å². The molecule has 30 heavy (non-hydrogen) atoms. The van der Waals surface area contributed by atoms with E-state index in [1.54, 1.807) is 13.0 Å². The summed E-state index contributed by atoms with van der Waals surface area (Å²) in [6.07, 6.45) is -0.771. The van der Waals surface area contributed by atoms with E-state index in [9.17, 15) is 22.8 Å². The van der Waals surface area contributed by atoms with Gasteiger partial charge in [-0.05, 0) is 48.9 Å². The van der Waals surface area contributed by atoms with Gasteiger partial charge in [-0.15, -0.1) is 0 Å². The molecule has 0 aromatic carbocycles. The zero-order valence-corrected chi connectivity index (χ0v) is 16.5. The van der Waals surface area contributed by atoms with Crippen molar-refractivity contribution in [3.05, 3.63) is 47.4 Å². The highest BCUT2D eigenvalue weighted by molar-refractivity contribution is 6.39. The first kappa shape index (κ1) is 21.5. The van der Waals surface area contributed by atoms with Gasteiger partial charge in [-0.2, -0.15) is 13.2 Å². The van der Waals surface area contributed by atoms with Gasteiger partial charge in [0.05, 0.1) is 17.9 Å². The van der Waals surface area contributed by atoms with Crippen molar-refractivity contribution >= 4 is 23.3 Å². The van der Waals surface area contributed by atoms with E-state index in [-0.39, 0.29) is 5.92 Å². The van der Waals surface area contributed by atoms with Gasteiger partial charge in [0.15, 0.2) is 0 Å². The van der Waals surface area contributed by atoms with Crippen LogP contribution in [0, 0.1) is 12.8 Å². The number of amides is 2. The summed E-state index contributed by atoms with van der Waals surface area (Å²) >= 11 is 0. The van der Waals surface area contributed by atoms with Crippen LogP contribution in [0.5, 0.6) is 0 Å².